The smallest absolute Gasteiger partial charge is 0.410 e. The first kappa shape index (κ1) is 14.3. The van der Waals surface area contributed by atoms with Gasteiger partial charge in [-0.2, -0.15) is 0 Å². The van der Waals surface area contributed by atoms with Crippen LogP contribution in [-0.2, 0) is 6.42 Å². The number of aromatic nitrogens is 2. The van der Waals surface area contributed by atoms with Crippen LogP contribution in [0.1, 0.15) is 32.1 Å². The SMILES string of the molecule is O=C(O)Nc1nc2c(s1)C(=O)C(C(=O)c1cccnc1)CC2. The molecular formula is C14H11N3O4S. The summed E-state index contributed by atoms with van der Waals surface area (Å²) in [7, 11) is 0. The van der Waals surface area contributed by atoms with Gasteiger partial charge in [0.1, 0.15) is 0 Å². The summed E-state index contributed by atoms with van der Waals surface area (Å²) in [6, 6.07) is 3.27. The average molecular weight is 317 g/mol. The number of fused-ring (bicyclic) bond motifs is 1. The zero-order valence-electron chi connectivity index (χ0n) is 11.3. The molecular weight excluding hydrogens is 306 g/mol. The molecule has 0 aromatic carbocycles. The molecule has 7 nitrogen and oxygen atoms in total. The number of carbonyl (C=O) groups excluding carboxylic acids is 2. The number of rotatable bonds is 3. The normalized spacial score (nSPS) is 16.9. The van der Waals surface area contributed by atoms with Crippen molar-refractivity contribution >= 4 is 34.1 Å². The third-order valence-electron chi connectivity index (χ3n) is 3.38. The number of anilines is 1. The Morgan fingerprint density at radius 3 is 2.91 bits per heavy atom. The summed E-state index contributed by atoms with van der Waals surface area (Å²) in [6.45, 7) is 0. The van der Waals surface area contributed by atoms with Crippen LogP contribution in [0, 0.1) is 5.92 Å². The number of amides is 1. The highest BCUT2D eigenvalue weighted by Crippen LogP contribution is 2.33. The van der Waals surface area contributed by atoms with Crippen LogP contribution < -0.4 is 5.32 Å². The van der Waals surface area contributed by atoms with Crippen LogP contribution in [0.3, 0.4) is 0 Å². The molecule has 0 spiro atoms. The Balaban J connectivity index is 1.86. The van der Waals surface area contributed by atoms with Gasteiger partial charge in [0.05, 0.1) is 16.5 Å². The van der Waals surface area contributed by atoms with E-state index in [4.69, 9.17) is 5.11 Å². The molecule has 2 N–H and O–H groups in total. The highest BCUT2D eigenvalue weighted by molar-refractivity contribution is 7.17. The van der Waals surface area contributed by atoms with Gasteiger partial charge in [-0.1, -0.05) is 11.3 Å². The Hall–Kier alpha value is -2.61. The van der Waals surface area contributed by atoms with Crippen LogP contribution in [0.2, 0.25) is 0 Å². The lowest BCUT2D eigenvalue weighted by atomic mass is 9.84. The van der Waals surface area contributed by atoms with Crippen LogP contribution in [-0.4, -0.2) is 32.7 Å². The number of ketones is 2. The number of aryl methyl sites for hydroxylation is 1. The summed E-state index contributed by atoms with van der Waals surface area (Å²) < 4.78 is 0. The maximum Gasteiger partial charge on any atom is 0.410 e. The van der Waals surface area contributed by atoms with Gasteiger partial charge in [-0.15, -0.1) is 0 Å². The number of nitrogens with one attached hydrogen (secondary N) is 1. The van der Waals surface area contributed by atoms with E-state index in [0.717, 1.165) is 11.3 Å². The van der Waals surface area contributed by atoms with Crippen molar-refractivity contribution < 1.29 is 19.5 Å². The lowest BCUT2D eigenvalue weighted by molar-refractivity contribution is 0.0792. The molecule has 8 heteroatoms. The number of hydrogen-bond acceptors (Lipinski definition) is 6. The predicted octanol–water partition coefficient (Wildman–Crippen LogP) is 2.26. The monoisotopic (exact) mass is 317 g/mol. The van der Waals surface area contributed by atoms with Crippen molar-refractivity contribution in [1.29, 1.82) is 0 Å². The second kappa shape index (κ2) is 5.64. The summed E-state index contributed by atoms with van der Waals surface area (Å²) in [4.78, 5) is 43.9. The molecule has 0 aliphatic heterocycles. The minimum absolute atomic E-state index is 0.153. The Morgan fingerprint density at radius 2 is 2.23 bits per heavy atom. The molecule has 3 rings (SSSR count). The van der Waals surface area contributed by atoms with E-state index in [-0.39, 0.29) is 16.7 Å². The van der Waals surface area contributed by atoms with E-state index in [2.05, 4.69) is 15.3 Å². The van der Waals surface area contributed by atoms with E-state index in [1.54, 1.807) is 18.3 Å². The number of pyridine rings is 1. The molecule has 1 unspecified atom stereocenters. The number of thiazole rings is 1. The van der Waals surface area contributed by atoms with Crippen molar-refractivity contribution in [3.8, 4) is 0 Å². The molecule has 112 valence electrons. The fourth-order valence-corrected chi connectivity index (χ4v) is 3.38. The van der Waals surface area contributed by atoms with Gasteiger partial charge in [-0.25, -0.2) is 9.78 Å². The Kier molecular flexibility index (Phi) is 3.68. The standard InChI is InChI=1S/C14H11N3O4S/c18-10(7-2-1-5-15-6-7)8-3-4-9-12(11(8)19)22-13(16-9)17-14(20)21/h1-2,5-6,8H,3-4H2,(H,16,17)(H,20,21). The largest absolute Gasteiger partial charge is 0.465 e. The zero-order valence-corrected chi connectivity index (χ0v) is 12.1. The highest BCUT2D eigenvalue weighted by atomic mass is 32.1. The number of nitrogens with zero attached hydrogens (tertiary/aromatic N) is 2. The molecule has 0 radical (unpaired) electrons. The predicted molar refractivity (Wildman–Crippen MR) is 78.5 cm³/mol. The lowest BCUT2D eigenvalue weighted by Gasteiger charge is -2.18. The Bertz CT molecular complexity index is 757. The molecule has 1 atom stereocenters. The zero-order chi connectivity index (χ0) is 15.7. The van der Waals surface area contributed by atoms with Crippen molar-refractivity contribution in [2.45, 2.75) is 12.8 Å². The van der Waals surface area contributed by atoms with Gasteiger partial charge >= 0.3 is 6.09 Å². The van der Waals surface area contributed by atoms with Gasteiger partial charge in [0.15, 0.2) is 16.7 Å². The summed E-state index contributed by atoms with van der Waals surface area (Å²) >= 11 is 0.968. The van der Waals surface area contributed by atoms with Crippen molar-refractivity contribution in [2.24, 2.45) is 5.92 Å². The number of carbonyl (C=O) groups is 3. The van der Waals surface area contributed by atoms with Crippen LogP contribution in [0.15, 0.2) is 24.5 Å². The summed E-state index contributed by atoms with van der Waals surface area (Å²) in [5.74, 6) is -1.31. The third-order valence-corrected chi connectivity index (χ3v) is 4.41. The van der Waals surface area contributed by atoms with E-state index in [1.165, 1.54) is 6.20 Å². The first-order valence-corrected chi connectivity index (χ1v) is 7.36. The highest BCUT2D eigenvalue weighted by Gasteiger charge is 2.36. The first-order valence-electron chi connectivity index (χ1n) is 6.54. The van der Waals surface area contributed by atoms with E-state index >= 15 is 0 Å². The maximum atomic E-state index is 12.5. The van der Waals surface area contributed by atoms with Crippen LogP contribution in [0.25, 0.3) is 0 Å². The molecule has 0 saturated carbocycles. The van der Waals surface area contributed by atoms with Gasteiger partial charge in [0.2, 0.25) is 0 Å². The van der Waals surface area contributed by atoms with Crippen molar-refractivity contribution in [2.75, 3.05) is 5.32 Å². The Labute approximate surface area is 129 Å². The van der Waals surface area contributed by atoms with Crippen LogP contribution in [0.5, 0.6) is 0 Å². The third kappa shape index (κ3) is 2.60. The molecule has 1 aliphatic carbocycles. The maximum absolute atomic E-state index is 12.5. The second-order valence-electron chi connectivity index (χ2n) is 4.79. The fourth-order valence-electron chi connectivity index (χ4n) is 2.39. The lowest BCUT2D eigenvalue weighted by Crippen LogP contribution is -2.28. The Morgan fingerprint density at radius 1 is 1.41 bits per heavy atom. The van der Waals surface area contributed by atoms with E-state index < -0.39 is 12.0 Å². The van der Waals surface area contributed by atoms with Gasteiger partial charge in [-0.05, 0) is 25.0 Å². The van der Waals surface area contributed by atoms with Gasteiger partial charge in [-0.3, -0.25) is 19.9 Å². The molecule has 2 heterocycles. The summed E-state index contributed by atoms with van der Waals surface area (Å²) in [5.41, 5.74) is 0.951. The minimum Gasteiger partial charge on any atom is -0.465 e. The second-order valence-corrected chi connectivity index (χ2v) is 5.79. The average Bonchev–Trinajstić information content (AvgIpc) is 2.90. The minimum atomic E-state index is -1.23. The summed E-state index contributed by atoms with van der Waals surface area (Å²) in [6.07, 6.45) is 2.60. The molecule has 1 amide bonds. The molecule has 0 fully saturated rings. The molecule has 1 aliphatic rings. The van der Waals surface area contributed by atoms with Crippen molar-refractivity contribution in [3.05, 3.63) is 40.7 Å². The topological polar surface area (TPSA) is 109 Å². The van der Waals surface area contributed by atoms with E-state index in [1.807, 2.05) is 0 Å². The molecule has 0 saturated heterocycles. The number of carboxylic acid groups (broad SMARTS) is 1. The number of Topliss-reactive ketones (excluding diaryl/α,β-unsaturated/α-hetero) is 2. The molecule has 0 bridgehead atoms. The quantitative estimate of drug-likeness (QED) is 0.664. The van der Waals surface area contributed by atoms with Crippen LogP contribution in [0.4, 0.5) is 9.93 Å². The first-order chi connectivity index (χ1) is 10.6. The van der Waals surface area contributed by atoms with Crippen molar-refractivity contribution in [3.63, 3.8) is 0 Å². The molecule has 22 heavy (non-hydrogen) atoms. The summed E-state index contributed by atoms with van der Waals surface area (Å²) in [5, 5.41) is 11.0. The van der Waals surface area contributed by atoms with Gasteiger partial charge in [0, 0.05) is 18.0 Å². The van der Waals surface area contributed by atoms with Gasteiger partial charge < -0.3 is 5.11 Å². The fraction of sp³-hybridized carbons (Fsp3) is 0.214. The number of hydrogen-bond donors (Lipinski definition) is 2. The van der Waals surface area contributed by atoms with Crippen molar-refractivity contribution in [1.82, 2.24) is 9.97 Å². The van der Waals surface area contributed by atoms with Crippen LogP contribution >= 0.6 is 11.3 Å². The van der Waals surface area contributed by atoms with Gasteiger partial charge in [0.25, 0.3) is 0 Å². The van der Waals surface area contributed by atoms with E-state index in [9.17, 15) is 14.4 Å². The molecule has 2 aromatic rings. The van der Waals surface area contributed by atoms with E-state index in [0.29, 0.717) is 29.0 Å². The molecule has 2 aromatic heterocycles.